The van der Waals surface area contributed by atoms with Gasteiger partial charge in [0, 0.05) is 31.0 Å². The number of hydrogen-bond acceptors (Lipinski definition) is 3. The van der Waals surface area contributed by atoms with Crippen LogP contribution in [0.15, 0.2) is 12.4 Å². The minimum absolute atomic E-state index is 0.388. The normalized spacial score (nSPS) is 19.9. The molecule has 0 radical (unpaired) electrons. The molecule has 1 fully saturated rings. The molecule has 1 aliphatic heterocycles. The Bertz CT molecular complexity index is 318. The molecule has 90 valence electrons. The maximum atomic E-state index is 5.36. The fraction of sp³-hybridized carbons (Fsp3) is 0.750. The maximum absolute atomic E-state index is 5.36. The molecule has 16 heavy (non-hydrogen) atoms. The summed E-state index contributed by atoms with van der Waals surface area (Å²) in [5.41, 5.74) is 1.27. The third-order valence-electron chi connectivity index (χ3n) is 3.20. The molecule has 4 nitrogen and oxygen atoms in total. The summed E-state index contributed by atoms with van der Waals surface area (Å²) < 4.78 is 7.46. The summed E-state index contributed by atoms with van der Waals surface area (Å²) in [6, 6.07) is 0.912. The van der Waals surface area contributed by atoms with Crippen molar-refractivity contribution in [3.63, 3.8) is 0 Å². The van der Waals surface area contributed by atoms with Gasteiger partial charge in [-0.2, -0.15) is 5.10 Å². The van der Waals surface area contributed by atoms with Crippen molar-refractivity contribution in [1.82, 2.24) is 15.1 Å². The summed E-state index contributed by atoms with van der Waals surface area (Å²) in [5.74, 6) is 0. The van der Waals surface area contributed by atoms with Gasteiger partial charge in [-0.3, -0.25) is 4.68 Å². The SMILES string of the molecule is CCNC(C)c1cnn(C2CCOCC2)c1. The summed E-state index contributed by atoms with van der Waals surface area (Å²) in [5, 5.41) is 7.86. The van der Waals surface area contributed by atoms with Crippen molar-refractivity contribution in [3.05, 3.63) is 18.0 Å². The van der Waals surface area contributed by atoms with Crippen LogP contribution in [0, 0.1) is 0 Å². The van der Waals surface area contributed by atoms with E-state index in [1.807, 2.05) is 6.20 Å². The molecule has 1 aromatic rings. The van der Waals surface area contributed by atoms with Gasteiger partial charge in [0.15, 0.2) is 0 Å². The molecule has 0 amide bonds. The Hall–Kier alpha value is -0.870. The zero-order valence-corrected chi connectivity index (χ0v) is 10.1. The molecule has 0 bridgehead atoms. The monoisotopic (exact) mass is 223 g/mol. The zero-order chi connectivity index (χ0) is 11.4. The number of rotatable bonds is 4. The van der Waals surface area contributed by atoms with Crippen LogP contribution in [0.2, 0.25) is 0 Å². The Morgan fingerprint density at radius 2 is 2.31 bits per heavy atom. The fourth-order valence-electron chi connectivity index (χ4n) is 2.15. The Balaban J connectivity index is 2.00. The van der Waals surface area contributed by atoms with Crippen LogP contribution >= 0.6 is 0 Å². The Labute approximate surface area is 97.0 Å². The molecule has 1 aliphatic rings. The van der Waals surface area contributed by atoms with Gasteiger partial charge in [-0.25, -0.2) is 0 Å². The van der Waals surface area contributed by atoms with E-state index in [0.717, 1.165) is 32.6 Å². The van der Waals surface area contributed by atoms with Crippen molar-refractivity contribution in [3.8, 4) is 0 Å². The molecule has 2 heterocycles. The van der Waals surface area contributed by atoms with Gasteiger partial charge < -0.3 is 10.1 Å². The Kier molecular flexibility index (Phi) is 3.96. The van der Waals surface area contributed by atoms with E-state index in [2.05, 4.69) is 35.1 Å². The van der Waals surface area contributed by atoms with Crippen LogP contribution in [0.1, 0.15) is 44.3 Å². The van der Waals surface area contributed by atoms with Gasteiger partial charge in [-0.05, 0) is 26.3 Å². The first kappa shape index (κ1) is 11.6. The number of nitrogens with zero attached hydrogens (tertiary/aromatic N) is 2. The third-order valence-corrected chi connectivity index (χ3v) is 3.20. The lowest BCUT2D eigenvalue weighted by atomic mass is 10.1. The maximum Gasteiger partial charge on any atom is 0.0563 e. The molecule has 1 atom stereocenters. The van der Waals surface area contributed by atoms with Crippen molar-refractivity contribution < 1.29 is 4.74 Å². The lowest BCUT2D eigenvalue weighted by Crippen LogP contribution is -2.20. The lowest BCUT2D eigenvalue weighted by Gasteiger charge is -2.22. The van der Waals surface area contributed by atoms with Crippen LogP contribution in [-0.4, -0.2) is 29.5 Å². The molecule has 4 heteroatoms. The van der Waals surface area contributed by atoms with Crippen LogP contribution in [0.3, 0.4) is 0 Å². The number of hydrogen-bond donors (Lipinski definition) is 1. The van der Waals surface area contributed by atoms with Crippen LogP contribution < -0.4 is 5.32 Å². The second kappa shape index (κ2) is 5.46. The average molecular weight is 223 g/mol. The highest BCUT2D eigenvalue weighted by atomic mass is 16.5. The highest BCUT2D eigenvalue weighted by Crippen LogP contribution is 2.21. The van der Waals surface area contributed by atoms with Gasteiger partial charge in [0.2, 0.25) is 0 Å². The molecule has 1 saturated heterocycles. The first-order valence-corrected chi connectivity index (χ1v) is 6.16. The highest BCUT2D eigenvalue weighted by molar-refractivity contribution is 5.09. The Morgan fingerprint density at radius 1 is 1.56 bits per heavy atom. The van der Waals surface area contributed by atoms with Crippen LogP contribution in [-0.2, 0) is 4.74 Å². The lowest BCUT2D eigenvalue weighted by molar-refractivity contribution is 0.0662. The van der Waals surface area contributed by atoms with Gasteiger partial charge in [0.05, 0.1) is 12.2 Å². The van der Waals surface area contributed by atoms with E-state index in [0.29, 0.717) is 12.1 Å². The van der Waals surface area contributed by atoms with Crippen LogP contribution in [0.5, 0.6) is 0 Å². The van der Waals surface area contributed by atoms with Gasteiger partial charge in [-0.15, -0.1) is 0 Å². The van der Waals surface area contributed by atoms with Crippen LogP contribution in [0.4, 0.5) is 0 Å². The van der Waals surface area contributed by atoms with E-state index in [9.17, 15) is 0 Å². The first-order valence-electron chi connectivity index (χ1n) is 6.16. The summed E-state index contributed by atoms with van der Waals surface area (Å²) >= 11 is 0. The molecule has 1 unspecified atom stereocenters. The largest absolute Gasteiger partial charge is 0.381 e. The van der Waals surface area contributed by atoms with Gasteiger partial charge >= 0.3 is 0 Å². The molecular weight excluding hydrogens is 202 g/mol. The predicted molar refractivity (Wildman–Crippen MR) is 63.4 cm³/mol. The number of aromatic nitrogens is 2. The minimum atomic E-state index is 0.388. The molecule has 0 saturated carbocycles. The topological polar surface area (TPSA) is 39.1 Å². The third kappa shape index (κ3) is 2.62. The second-order valence-electron chi connectivity index (χ2n) is 4.38. The summed E-state index contributed by atoms with van der Waals surface area (Å²) in [6.45, 7) is 7.02. The van der Waals surface area contributed by atoms with Crippen LogP contribution in [0.25, 0.3) is 0 Å². The predicted octanol–water partition coefficient (Wildman–Crippen LogP) is 1.91. The summed E-state index contributed by atoms with van der Waals surface area (Å²) in [4.78, 5) is 0. The molecular formula is C12H21N3O. The molecule has 0 spiro atoms. The van der Waals surface area contributed by atoms with Gasteiger partial charge in [0.1, 0.15) is 0 Å². The zero-order valence-electron chi connectivity index (χ0n) is 10.1. The summed E-state index contributed by atoms with van der Waals surface area (Å²) in [6.07, 6.45) is 6.31. The van der Waals surface area contributed by atoms with E-state index in [1.54, 1.807) is 0 Å². The van der Waals surface area contributed by atoms with Gasteiger partial charge in [-0.1, -0.05) is 6.92 Å². The van der Waals surface area contributed by atoms with E-state index in [4.69, 9.17) is 4.74 Å². The van der Waals surface area contributed by atoms with Crippen molar-refractivity contribution >= 4 is 0 Å². The van der Waals surface area contributed by atoms with Gasteiger partial charge in [0.25, 0.3) is 0 Å². The molecule has 2 rings (SSSR count). The molecule has 1 N–H and O–H groups in total. The molecule has 0 aliphatic carbocycles. The number of ether oxygens (including phenoxy) is 1. The molecule has 1 aromatic heterocycles. The standard InChI is InChI=1S/C12H21N3O/c1-3-13-10(2)11-8-14-15(9-11)12-4-6-16-7-5-12/h8-10,12-13H,3-7H2,1-2H3. The van der Waals surface area contributed by atoms with Crippen molar-refractivity contribution in [2.24, 2.45) is 0 Å². The van der Waals surface area contributed by atoms with E-state index in [-0.39, 0.29) is 0 Å². The fourth-order valence-corrected chi connectivity index (χ4v) is 2.15. The quantitative estimate of drug-likeness (QED) is 0.847. The minimum Gasteiger partial charge on any atom is -0.381 e. The van der Waals surface area contributed by atoms with E-state index >= 15 is 0 Å². The summed E-state index contributed by atoms with van der Waals surface area (Å²) in [7, 11) is 0. The smallest absolute Gasteiger partial charge is 0.0563 e. The second-order valence-corrected chi connectivity index (χ2v) is 4.38. The average Bonchev–Trinajstić information content (AvgIpc) is 2.80. The van der Waals surface area contributed by atoms with Crippen molar-refractivity contribution in [2.75, 3.05) is 19.8 Å². The number of nitrogens with one attached hydrogen (secondary N) is 1. The van der Waals surface area contributed by atoms with Crippen molar-refractivity contribution in [2.45, 2.75) is 38.8 Å². The highest BCUT2D eigenvalue weighted by Gasteiger charge is 2.17. The molecule has 0 aromatic carbocycles. The van der Waals surface area contributed by atoms with E-state index < -0.39 is 0 Å². The first-order chi connectivity index (χ1) is 7.81. The Morgan fingerprint density at radius 3 is 3.00 bits per heavy atom. The van der Waals surface area contributed by atoms with E-state index in [1.165, 1.54) is 5.56 Å². The van der Waals surface area contributed by atoms with Crippen molar-refractivity contribution in [1.29, 1.82) is 0 Å².